The maximum atomic E-state index is 12.0. The summed E-state index contributed by atoms with van der Waals surface area (Å²) >= 11 is 3.53. The van der Waals surface area contributed by atoms with Crippen LogP contribution in [0.5, 0.6) is 11.5 Å². The van der Waals surface area contributed by atoms with Gasteiger partial charge < -0.3 is 14.2 Å². The van der Waals surface area contributed by atoms with Crippen LogP contribution in [0.1, 0.15) is 21.5 Å². The van der Waals surface area contributed by atoms with Gasteiger partial charge in [-0.2, -0.15) is 0 Å². The lowest BCUT2D eigenvalue weighted by atomic mass is 10.2. The molecule has 0 heterocycles. The predicted octanol–water partition coefficient (Wildman–Crippen LogP) is 5.39. The van der Waals surface area contributed by atoms with Gasteiger partial charge in [-0.15, -0.1) is 0 Å². The first kappa shape index (κ1) is 19.0. The molecule has 5 heteroatoms. The quantitative estimate of drug-likeness (QED) is 0.474. The monoisotopic (exact) mass is 426 g/mol. The Hall–Kier alpha value is -2.79. The topological polar surface area (TPSA) is 44.8 Å². The van der Waals surface area contributed by atoms with Crippen molar-refractivity contribution < 1.29 is 19.0 Å². The molecule has 0 aromatic heterocycles. The summed E-state index contributed by atoms with van der Waals surface area (Å²) in [5.74, 6) is 0.589. The molecule has 4 nitrogen and oxygen atoms in total. The molecule has 0 fully saturated rings. The minimum Gasteiger partial charge on any atom is -0.488 e. The SMILES string of the molecule is COC(=O)c1cc(OCc2ccccc2)c(Br)c(OCc2ccccc2)c1. The molecule has 0 saturated carbocycles. The molecule has 0 aliphatic rings. The standard InChI is InChI=1S/C22H19BrO4/c1-25-22(24)18-12-19(26-14-16-8-4-2-5-9-16)21(23)20(13-18)27-15-17-10-6-3-7-11-17/h2-13H,14-15H2,1H3. The van der Waals surface area contributed by atoms with Crippen molar-refractivity contribution >= 4 is 21.9 Å². The summed E-state index contributed by atoms with van der Waals surface area (Å²) in [5.41, 5.74) is 2.42. The number of carbonyl (C=O) groups is 1. The fourth-order valence-corrected chi connectivity index (χ4v) is 2.95. The van der Waals surface area contributed by atoms with E-state index in [4.69, 9.17) is 14.2 Å². The average Bonchev–Trinajstić information content (AvgIpc) is 2.73. The molecular weight excluding hydrogens is 408 g/mol. The third-order valence-electron chi connectivity index (χ3n) is 3.90. The molecule has 0 aliphatic heterocycles. The molecular formula is C22H19BrO4. The van der Waals surface area contributed by atoms with E-state index in [2.05, 4.69) is 15.9 Å². The number of hydrogen-bond donors (Lipinski definition) is 0. The number of carbonyl (C=O) groups excluding carboxylic acids is 1. The van der Waals surface area contributed by atoms with Crippen LogP contribution in [0.15, 0.2) is 77.3 Å². The van der Waals surface area contributed by atoms with Crippen LogP contribution in [0.25, 0.3) is 0 Å². The molecule has 0 atom stereocenters. The van der Waals surface area contributed by atoms with Gasteiger partial charge in [-0.05, 0) is 39.2 Å². The number of hydrogen-bond acceptors (Lipinski definition) is 4. The second-order valence-corrected chi connectivity index (χ2v) is 6.62. The Morgan fingerprint density at radius 1 is 0.815 bits per heavy atom. The highest BCUT2D eigenvalue weighted by molar-refractivity contribution is 9.10. The highest BCUT2D eigenvalue weighted by atomic mass is 79.9. The van der Waals surface area contributed by atoms with Crippen LogP contribution in [-0.4, -0.2) is 13.1 Å². The van der Waals surface area contributed by atoms with Gasteiger partial charge >= 0.3 is 5.97 Å². The summed E-state index contributed by atoms with van der Waals surface area (Å²) in [5, 5.41) is 0. The maximum absolute atomic E-state index is 12.0. The third kappa shape index (κ3) is 5.11. The summed E-state index contributed by atoms with van der Waals surface area (Å²) < 4.78 is 17.3. The van der Waals surface area contributed by atoms with Crippen LogP contribution in [-0.2, 0) is 18.0 Å². The zero-order valence-electron chi connectivity index (χ0n) is 14.9. The van der Waals surface area contributed by atoms with Gasteiger partial charge in [0, 0.05) is 0 Å². The molecule has 3 rings (SSSR count). The first-order chi connectivity index (χ1) is 13.2. The van der Waals surface area contributed by atoms with E-state index in [9.17, 15) is 4.79 Å². The van der Waals surface area contributed by atoms with Crippen LogP contribution in [0, 0.1) is 0 Å². The van der Waals surface area contributed by atoms with Crippen LogP contribution in [0.4, 0.5) is 0 Å². The number of halogens is 1. The first-order valence-corrected chi connectivity index (χ1v) is 9.22. The van der Waals surface area contributed by atoms with Crippen molar-refractivity contribution in [2.24, 2.45) is 0 Å². The molecule has 0 spiro atoms. The lowest BCUT2D eigenvalue weighted by Gasteiger charge is -2.15. The largest absolute Gasteiger partial charge is 0.488 e. The van der Waals surface area contributed by atoms with Gasteiger partial charge in [0.05, 0.1) is 12.7 Å². The number of ether oxygens (including phenoxy) is 3. The van der Waals surface area contributed by atoms with Gasteiger partial charge in [0.2, 0.25) is 0 Å². The minimum absolute atomic E-state index is 0.367. The number of rotatable bonds is 7. The molecule has 0 unspecified atom stereocenters. The Balaban J connectivity index is 1.83. The third-order valence-corrected chi connectivity index (χ3v) is 4.68. The predicted molar refractivity (Wildman–Crippen MR) is 107 cm³/mol. The fraction of sp³-hybridized carbons (Fsp3) is 0.136. The van der Waals surface area contributed by atoms with Crippen molar-refractivity contribution in [3.63, 3.8) is 0 Å². The summed E-state index contributed by atoms with van der Waals surface area (Å²) in [7, 11) is 1.35. The summed E-state index contributed by atoms with van der Waals surface area (Å²) in [6.07, 6.45) is 0. The molecule has 3 aromatic rings. The van der Waals surface area contributed by atoms with E-state index < -0.39 is 5.97 Å². The summed E-state index contributed by atoms with van der Waals surface area (Å²) in [4.78, 5) is 12.0. The summed E-state index contributed by atoms with van der Waals surface area (Å²) in [6.45, 7) is 0.754. The fourth-order valence-electron chi connectivity index (χ4n) is 2.49. The second-order valence-electron chi connectivity index (χ2n) is 5.83. The van der Waals surface area contributed by atoms with E-state index >= 15 is 0 Å². The van der Waals surface area contributed by atoms with E-state index in [-0.39, 0.29) is 0 Å². The minimum atomic E-state index is -0.448. The average molecular weight is 427 g/mol. The van der Waals surface area contributed by atoms with Gasteiger partial charge in [-0.1, -0.05) is 60.7 Å². The van der Waals surface area contributed by atoms with Gasteiger partial charge in [0.25, 0.3) is 0 Å². The van der Waals surface area contributed by atoms with Crippen molar-refractivity contribution in [1.29, 1.82) is 0 Å². The number of esters is 1. The van der Waals surface area contributed by atoms with E-state index in [0.29, 0.717) is 34.7 Å². The smallest absolute Gasteiger partial charge is 0.338 e. The zero-order valence-corrected chi connectivity index (χ0v) is 16.4. The van der Waals surface area contributed by atoms with Crippen LogP contribution >= 0.6 is 15.9 Å². The second kappa shape index (κ2) is 9.24. The van der Waals surface area contributed by atoms with E-state index in [1.54, 1.807) is 12.1 Å². The van der Waals surface area contributed by atoms with Crippen molar-refractivity contribution in [1.82, 2.24) is 0 Å². The van der Waals surface area contributed by atoms with Gasteiger partial charge in [0.1, 0.15) is 29.2 Å². The Kier molecular flexibility index (Phi) is 6.49. The lowest BCUT2D eigenvalue weighted by Crippen LogP contribution is -2.05. The Labute approximate surface area is 166 Å². The van der Waals surface area contributed by atoms with Crippen molar-refractivity contribution in [2.75, 3.05) is 7.11 Å². The molecule has 27 heavy (non-hydrogen) atoms. The lowest BCUT2D eigenvalue weighted by molar-refractivity contribution is 0.0599. The molecule has 0 amide bonds. The van der Waals surface area contributed by atoms with Crippen molar-refractivity contribution in [2.45, 2.75) is 13.2 Å². The molecule has 0 radical (unpaired) electrons. The number of methoxy groups -OCH3 is 1. The highest BCUT2D eigenvalue weighted by Gasteiger charge is 2.16. The van der Waals surface area contributed by atoms with Gasteiger partial charge in [-0.25, -0.2) is 4.79 Å². The maximum Gasteiger partial charge on any atom is 0.338 e. The molecule has 0 bridgehead atoms. The van der Waals surface area contributed by atoms with E-state index in [1.165, 1.54) is 7.11 Å². The van der Waals surface area contributed by atoms with E-state index in [1.807, 2.05) is 60.7 Å². The van der Waals surface area contributed by atoms with Crippen molar-refractivity contribution in [3.8, 4) is 11.5 Å². The zero-order chi connectivity index (χ0) is 19.1. The Morgan fingerprint density at radius 2 is 1.26 bits per heavy atom. The Bertz CT molecular complexity index is 830. The number of benzene rings is 3. The molecule has 0 aliphatic carbocycles. The van der Waals surface area contributed by atoms with Gasteiger partial charge in [-0.3, -0.25) is 0 Å². The highest BCUT2D eigenvalue weighted by Crippen LogP contribution is 2.37. The summed E-state index contributed by atoms with van der Waals surface area (Å²) in [6, 6.07) is 22.9. The van der Waals surface area contributed by atoms with Crippen LogP contribution < -0.4 is 9.47 Å². The Morgan fingerprint density at radius 3 is 1.67 bits per heavy atom. The molecule has 3 aromatic carbocycles. The van der Waals surface area contributed by atoms with E-state index in [0.717, 1.165) is 11.1 Å². The van der Waals surface area contributed by atoms with Crippen LogP contribution in [0.3, 0.4) is 0 Å². The molecule has 0 N–H and O–H groups in total. The van der Waals surface area contributed by atoms with Gasteiger partial charge in [0.15, 0.2) is 0 Å². The molecule has 138 valence electrons. The first-order valence-electron chi connectivity index (χ1n) is 8.42. The van der Waals surface area contributed by atoms with Crippen LogP contribution in [0.2, 0.25) is 0 Å². The molecule has 0 saturated heterocycles. The van der Waals surface area contributed by atoms with Crippen molar-refractivity contribution in [3.05, 3.63) is 94.0 Å². The normalized spacial score (nSPS) is 10.3.